The molecule has 3 rings (SSSR count). The molecule has 0 radical (unpaired) electrons. The number of carbonyl (C=O) groups is 2. The van der Waals surface area contributed by atoms with Gasteiger partial charge in [-0.05, 0) is 98.4 Å². The van der Waals surface area contributed by atoms with Crippen molar-refractivity contribution in [2.75, 3.05) is 7.11 Å². The predicted molar refractivity (Wildman–Crippen MR) is 116 cm³/mol. The quantitative estimate of drug-likeness (QED) is 0.373. The third-order valence-electron chi connectivity index (χ3n) is 3.60. The highest BCUT2D eigenvalue weighted by Crippen LogP contribution is 2.34. The fourth-order valence-corrected chi connectivity index (χ4v) is 4.29. The first kappa shape index (κ1) is 18.7. The van der Waals surface area contributed by atoms with Gasteiger partial charge in [-0.1, -0.05) is 18.2 Å². The van der Waals surface area contributed by atoms with E-state index in [9.17, 15) is 9.59 Å². The lowest BCUT2D eigenvalue weighted by Crippen LogP contribution is -2.27. The average Bonchev–Trinajstić information content (AvgIpc) is 2.84. The Morgan fingerprint density at radius 2 is 1.84 bits per heavy atom. The van der Waals surface area contributed by atoms with Gasteiger partial charge in [-0.25, -0.2) is 0 Å². The number of hydrogen-bond acceptors (Lipinski definition) is 4. The van der Waals surface area contributed by atoms with Gasteiger partial charge in [-0.15, -0.1) is 0 Å². The number of nitrogens with zero attached hydrogens (tertiary/aromatic N) is 1. The largest absolute Gasteiger partial charge is 0.496 e. The van der Waals surface area contributed by atoms with Crippen molar-refractivity contribution >= 4 is 74.2 Å². The van der Waals surface area contributed by atoms with Gasteiger partial charge in [-0.2, -0.15) is 0 Å². The lowest BCUT2D eigenvalue weighted by atomic mass is 10.2. The molecule has 1 heterocycles. The van der Waals surface area contributed by atoms with Gasteiger partial charge >= 0.3 is 0 Å². The molecule has 1 fully saturated rings. The maximum absolute atomic E-state index is 12.6. The summed E-state index contributed by atoms with van der Waals surface area (Å²) >= 11 is 5.38. The van der Waals surface area contributed by atoms with Crippen LogP contribution in [-0.4, -0.2) is 23.2 Å². The third-order valence-corrected chi connectivity index (χ3v) is 6.07. The fraction of sp³-hybridized carbons (Fsp3) is 0.111. The van der Waals surface area contributed by atoms with Crippen LogP contribution in [0.15, 0.2) is 47.4 Å². The summed E-state index contributed by atoms with van der Waals surface area (Å²) in [4.78, 5) is 26.5. The maximum Gasteiger partial charge on any atom is 0.293 e. The topological polar surface area (TPSA) is 46.6 Å². The van der Waals surface area contributed by atoms with E-state index in [0.29, 0.717) is 11.4 Å². The predicted octanol–water partition coefficient (Wildman–Crippen LogP) is 5.14. The molecule has 2 aromatic rings. The van der Waals surface area contributed by atoms with Gasteiger partial charge in [0.1, 0.15) is 5.75 Å². The summed E-state index contributed by atoms with van der Waals surface area (Å²) in [6.45, 7) is 0.291. The minimum atomic E-state index is -0.251. The molecule has 1 aliphatic heterocycles. The Bertz CT molecular complexity index is 865. The van der Waals surface area contributed by atoms with Crippen molar-refractivity contribution in [2.45, 2.75) is 6.54 Å². The van der Waals surface area contributed by atoms with E-state index in [4.69, 9.17) is 4.74 Å². The number of carbonyl (C=O) groups excluding carboxylic acids is 2. The zero-order valence-corrected chi connectivity index (χ0v) is 18.3. The van der Waals surface area contributed by atoms with Gasteiger partial charge in [-0.3, -0.25) is 14.5 Å². The Balaban J connectivity index is 1.80. The number of amides is 2. The first-order valence-electron chi connectivity index (χ1n) is 7.31. The van der Waals surface area contributed by atoms with Gasteiger partial charge in [0.15, 0.2) is 0 Å². The zero-order chi connectivity index (χ0) is 18.0. The van der Waals surface area contributed by atoms with E-state index in [2.05, 4.69) is 45.2 Å². The summed E-state index contributed by atoms with van der Waals surface area (Å²) in [6, 6.07) is 13.4. The Labute approximate surface area is 177 Å². The molecule has 0 N–H and O–H groups in total. The molecule has 0 aliphatic carbocycles. The van der Waals surface area contributed by atoms with E-state index in [-0.39, 0.29) is 11.1 Å². The van der Waals surface area contributed by atoms with Crippen molar-refractivity contribution in [1.29, 1.82) is 0 Å². The summed E-state index contributed by atoms with van der Waals surface area (Å²) in [7, 11) is 1.62. The highest BCUT2D eigenvalue weighted by Gasteiger charge is 2.34. The first-order chi connectivity index (χ1) is 12.0. The highest BCUT2D eigenvalue weighted by atomic mass is 127. The number of methoxy groups -OCH3 is 1. The molecule has 0 spiro atoms. The molecule has 0 aromatic heterocycles. The van der Waals surface area contributed by atoms with Crippen LogP contribution in [0.25, 0.3) is 6.08 Å². The molecule has 0 unspecified atom stereocenters. The molecule has 0 bridgehead atoms. The summed E-state index contributed by atoms with van der Waals surface area (Å²) in [6.07, 6.45) is 1.75. The standard InChI is InChI=1S/C18H13I2NO3S/c1-24-15-7-4-12(8-14(15)20)9-16-17(22)21(18(23)25-16)10-11-2-5-13(19)6-3-11/h2-9H,10H2,1H3/b16-9-. The van der Waals surface area contributed by atoms with Gasteiger partial charge in [0, 0.05) is 3.57 Å². The molecule has 0 saturated carbocycles. The molecule has 2 aromatic carbocycles. The Morgan fingerprint density at radius 1 is 1.12 bits per heavy atom. The lowest BCUT2D eigenvalue weighted by molar-refractivity contribution is -0.123. The van der Waals surface area contributed by atoms with Crippen molar-refractivity contribution in [2.24, 2.45) is 0 Å². The monoisotopic (exact) mass is 577 g/mol. The normalized spacial score (nSPS) is 16.0. The van der Waals surface area contributed by atoms with Crippen LogP contribution >= 0.6 is 56.9 Å². The molecular weight excluding hydrogens is 564 g/mol. The summed E-state index contributed by atoms with van der Waals surface area (Å²) in [5, 5.41) is -0.238. The smallest absolute Gasteiger partial charge is 0.293 e. The molecule has 7 heteroatoms. The van der Waals surface area contributed by atoms with Crippen molar-refractivity contribution in [3.05, 3.63) is 65.6 Å². The van der Waals surface area contributed by atoms with Gasteiger partial charge < -0.3 is 4.74 Å². The van der Waals surface area contributed by atoms with Crippen molar-refractivity contribution in [1.82, 2.24) is 4.90 Å². The van der Waals surface area contributed by atoms with Crippen molar-refractivity contribution in [3.8, 4) is 5.75 Å². The number of ether oxygens (including phenoxy) is 1. The number of rotatable bonds is 4. The van der Waals surface area contributed by atoms with Crippen LogP contribution in [0, 0.1) is 7.14 Å². The summed E-state index contributed by atoms with van der Waals surface area (Å²) in [5.74, 6) is 0.531. The van der Waals surface area contributed by atoms with Crippen LogP contribution in [0.3, 0.4) is 0 Å². The second kappa shape index (κ2) is 8.09. The molecular formula is C18H13I2NO3S. The molecule has 25 heavy (non-hydrogen) atoms. The molecule has 128 valence electrons. The number of imide groups is 1. The lowest BCUT2D eigenvalue weighted by Gasteiger charge is -2.12. The minimum absolute atomic E-state index is 0.238. The number of benzene rings is 2. The first-order valence-corrected chi connectivity index (χ1v) is 10.3. The average molecular weight is 577 g/mol. The van der Waals surface area contributed by atoms with Crippen LogP contribution in [0.5, 0.6) is 5.75 Å². The number of halogens is 2. The van der Waals surface area contributed by atoms with Crippen molar-refractivity contribution in [3.63, 3.8) is 0 Å². The van der Waals surface area contributed by atoms with Crippen LogP contribution < -0.4 is 4.74 Å². The van der Waals surface area contributed by atoms with E-state index in [1.807, 2.05) is 42.5 Å². The maximum atomic E-state index is 12.6. The second-order valence-electron chi connectivity index (χ2n) is 5.29. The highest BCUT2D eigenvalue weighted by molar-refractivity contribution is 14.1. The fourth-order valence-electron chi connectivity index (χ4n) is 2.33. The summed E-state index contributed by atoms with van der Waals surface area (Å²) in [5.41, 5.74) is 1.80. The van der Waals surface area contributed by atoms with Gasteiger partial charge in [0.25, 0.3) is 11.1 Å². The van der Waals surface area contributed by atoms with E-state index < -0.39 is 0 Å². The molecule has 2 amide bonds. The van der Waals surface area contributed by atoms with E-state index in [0.717, 1.165) is 35.8 Å². The number of hydrogen-bond donors (Lipinski definition) is 0. The Hall–Kier alpha value is -1.07. The minimum Gasteiger partial charge on any atom is -0.496 e. The Morgan fingerprint density at radius 3 is 2.48 bits per heavy atom. The second-order valence-corrected chi connectivity index (χ2v) is 8.69. The van der Waals surface area contributed by atoms with Crippen LogP contribution in [-0.2, 0) is 11.3 Å². The number of thioether (sulfide) groups is 1. The van der Waals surface area contributed by atoms with Gasteiger partial charge in [0.2, 0.25) is 0 Å². The van der Waals surface area contributed by atoms with Crippen molar-refractivity contribution < 1.29 is 14.3 Å². The van der Waals surface area contributed by atoms with Crippen LogP contribution in [0.2, 0.25) is 0 Å². The van der Waals surface area contributed by atoms with E-state index >= 15 is 0 Å². The SMILES string of the molecule is COc1ccc(/C=C2\SC(=O)N(Cc3ccc(I)cc3)C2=O)cc1I. The van der Waals surface area contributed by atoms with E-state index in [1.54, 1.807) is 13.2 Å². The molecule has 1 saturated heterocycles. The summed E-state index contributed by atoms with van der Waals surface area (Å²) < 4.78 is 7.30. The van der Waals surface area contributed by atoms with Crippen LogP contribution in [0.1, 0.15) is 11.1 Å². The Kier molecular flexibility index (Phi) is 6.05. The molecule has 4 nitrogen and oxygen atoms in total. The van der Waals surface area contributed by atoms with E-state index in [1.165, 1.54) is 4.90 Å². The zero-order valence-electron chi connectivity index (χ0n) is 13.2. The molecule has 1 aliphatic rings. The third kappa shape index (κ3) is 4.37. The van der Waals surface area contributed by atoms with Crippen LogP contribution in [0.4, 0.5) is 4.79 Å². The van der Waals surface area contributed by atoms with Gasteiger partial charge in [0.05, 0.1) is 22.1 Å². The molecule has 0 atom stereocenters.